The quantitative estimate of drug-likeness (QED) is 0.762. The Bertz CT molecular complexity index is 881. The zero-order chi connectivity index (χ0) is 18.6. The number of carbonyl (C=O) groups excluding carboxylic acids is 1. The van der Waals surface area contributed by atoms with Gasteiger partial charge in [-0.1, -0.05) is 18.2 Å². The van der Waals surface area contributed by atoms with E-state index in [4.69, 9.17) is 4.74 Å². The normalized spacial score (nSPS) is 11.2. The molecule has 0 unspecified atom stereocenters. The molecule has 0 saturated heterocycles. The number of para-hydroxylation sites is 1. The second-order valence-electron chi connectivity index (χ2n) is 5.24. The van der Waals surface area contributed by atoms with Crippen LogP contribution in [0.25, 0.3) is 0 Å². The minimum atomic E-state index is -4.38. The number of hydrogen-bond donors (Lipinski definition) is 2. The van der Waals surface area contributed by atoms with Gasteiger partial charge in [0, 0.05) is 6.07 Å². The minimum Gasteiger partial charge on any atom is -0.483 e. The molecule has 9 heteroatoms. The Kier molecular flexibility index (Phi) is 5.70. The standard InChI is InChI=1S/C16H16F2N2O4S/c1-10-4-3-5-11(2)16(10)24-9-15(21)19-20-25(22,23)14-7-6-12(17)8-13(14)18/h3-8,20H,9H2,1-2H3,(H,19,21). The Morgan fingerprint density at radius 2 is 1.76 bits per heavy atom. The summed E-state index contributed by atoms with van der Waals surface area (Å²) in [6.45, 7) is 3.17. The molecule has 0 aliphatic heterocycles. The van der Waals surface area contributed by atoms with Gasteiger partial charge in [-0.05, 0) is 37.1 Å². The molecule has 0 atom stereocenters. The van der Waals surface area contributed by atoms with Gasteiger partial charge < -0.3 is 4.74 Å². The number of amides is 1. The van der Waals surface area contributed by atoms with E-state index in [1.807, 2.05) is 11.5 Å². The molecule has 0 aromatic heterocycles. The summed E-state index contributed by atoms with van der Waals surface area (Å²) in [5.74, 6) is -2.45. The molecule has 2 N–H and O–H groups in total. The van der Waals surface area contributed by atoms with E-state index in [9.17, 15) is 22.0 Å². The molecule has 0 bridgehead atoms. The Morgan fingerprint density at radius 1 is 1.12 bits per heavy atom. The molecule has 2 rings (SSSR count). The number of ether oxygens (including phenoxy) is 1. The first-order chi connectivity index (χ1) is 11.7. The molecule has 0 aliphatic rings. The van der Waals surface area contributed by atoms with Crippen LogP contribution in [-0.4, -0.2) is 20.9 Å². The number of rotatable bonds is 6. The van der Waals surface area contributed by atoms with Gasteiger partial charge in [0.15, 0.2) is 6.61 Å². The zero-order valence-electron chi connectivity index (χ0n) is 13.5. The van der Waals surface area contributed by atoms with E-state index in [0.29, 0.717) is 11.8 Å². The lowest BCUT2D eigenvalue weighted by molar-refractivity contribution is -0.123. The van der Waals surface area contributed by atoms with Crippen LogP contribution in [0, 0.1) is 25.5 Å². The van der Waals surface area contributed by atoms with Gasteiger partial charge in [0.2, 0.25) is 0 Å². The van der Waals surface area contributed by atoms with Crippen molar-refractivity contribution in [1.82, 2.24) is 10.3 Å². The monoisotopic (exact) mass is 370 g/mol. The maximum absolute atomic E-state index is 13.5. The Balaban J connectivity index is 1.97. The van der Waals surface area contributed by atoms with Crippen molar-refractivity contribution in [3.8, 4) is 5.75 Å². The van der Waals surface area contributed by atoms with Crippen LogP contribution in [0.15, 0.2) is 41.3 Å². The summed E-state index contributed by atoms with van der Waals surface area (Å²) in [6.07, 6.45) is 0. The molecule has 0 radical (unpaired) electrons. The fourth-order valence-corrected chi connectivity index (χ4v) is 2.99. The van der Waals surface area contributed by atoms with Crippen molar-refractivity contribution in [1.29, 1.82) is 0 Å². The maximum atomic E-state index is 13.5. The molecule has 134 valence electrons. The maximum Gasteiger partial charge on any atom is 0.272 e. The highest BCUT2D eigenvalue weighted by atomic mass is 32.2. The molecular formula is C16H16F2N2O4S. The Labute approximate surface area is 143 Å². The number of hydrogen-bond acceptors (Lipinski definition) is 4. The van der Waals surface area contributed by atoms with Gasteiger partial charge in [-0.3, -0.25) is 10.2 Å². The number of aryl methyl sites for hydroxylation is 2. The predicted octanol–water partition coefficient (Wildman–Crippen LogP) is 1.97. The topological polar surface area (TPSA) is 84.5 Å². The fourth-order valence-electron chi connectivity index (χ4n) is 2.07. The third kappa shape index (κ3) is 4.74. The molecule has 0 fully saturated rings. The number of halogens is 2. The third-order valence-corrected chi connectivity index (χ3v) is 4.55. The van der Waals surface area contributed by atoms with Crippen LogP contribution in [0.3, 0.4) is 0 Å². The van der Waals surface area contributed by atoms with Crippen molar-refractivity contribution in [3.05, 3.63) is 59.2 Å². The summed E-state index contributed by atoms with van der Waals surface area (Å²) in [4.78, 5) is 12.7. The number of hydrazine groups is 1. The minimum absolute atomic E-state index is 0.431. The number of nitrogens with one attached hydrogen (secondary N) is 2. The lowest BCUT2D eigenvalue weighted by atomic mass is 10.1. The van der Waals surface area contributed by atoms with Crippen molar-refractivity contribution < 1.29 is 26.7 Å². The predicted molar refractivity (Wildman–Crippen MR) is 86.2 cm³/mol. The number of sulfonamides is 1. The second-order valence-corrected chi connectivity index (χ2v) is 6.89. The highest BCUT2D eigenvalue weighted by Crippen LogP contribution is 2.22. The molecule has 0 heterocycles. The van der Waals surface area contributed by atoms with Crippen LogP contribution >= 0.6 is 0 Å². The number of benzene rings is 2. The van der Waals surface area contributed by atoms with Crippen molar-refractivity contribution in [2.24, 2.45) is 0 Å². The second kappa shape index (κ2) is 7.58. The molecule has 0 aliphatic carbocycles. The van der Waals surface area contributed by atoms with Crippen LogP contribution in [0.4, 0.5) is 8.78 Å². The summed E-state index contributed by atoms with van der Waals surface area (Å²) in [5.41, 5.74) is 3.55. The van der Waals surface area contributed by atoms with Gasteiger partial charge in [0.1, 0.15) is 22.3 Å². The highest BCUT2D eigenvalue weighted by Gasteiger charge is 2.20. The first-order valence-electron chi connectivity index (χ1n) is 7.15. The molecule has 0 saturated carbocycles. The highest BCUT2D eigenvalue weighted by molar-refractivity contribution is 7.89. The molecule has 2 aromatic rings. The largest absolute Gasteiger partial charge is 0.483 e. The summed E-state index contributed by atoms with van der Waals surface area (Å²) < 4.78 is 55.6. The lowest BCUT2D eigenvalue weighted by Gasteiger charge is -2.12. The zero-order valence-corrected chi connectivity index (χ0v) is 14.3. The lowest BCUT2D eigenvalue weighted by Crippen LogP contribution is -2.44. The average Bonchev–Trinajstić information content (AvgIpc) is 2.52. The molecule has 0 spiro atoms. The third-order valence-electron chi connectivity index (χ3n) is 3.26. The number of carbonyl (C=O) groups is 1. The van der Waals surface area contributed by atoms with Crippen LogP contribution in [-0.2, 0) is 14.8 Å². The summed E-state index contributed by atoms with van der Waals surface area (Å²) in [7, 11) is -4.38. The molecule has 6 nitrogen and oxygen atoms in total. The van der Waals surface area contributed by atoms with Crippen molar-refractivity contribution in [2.75, 3.05) is 6.61 Å². The van der Waals surface area contributed by atoms with E-state index in [1.165, 1.54) is 0 Å². The van der Waals surface area contributed by atoms with E-state index < -0.39 is 39.1 Å². The van der Waals surface area contributed by atoms with Crippen molar-refractivity contribution in [3.63, 3.8) is 0 Å². The average molecular weight is 370 g/mol. The first-order valence-corrected chi connectivity index (χ1v) is 8.64. The van der Waals surface area contributed by atoms with Crippen molar-refractivity contribution >= 4 is 15.9 Å². The summed E-state index contributed by atoms with van der Waals surface area (Å²) in [5, 5.41) is 0. The van der Waals surface area contributed by atoms with E-state index >= 15 is 0 Å². The molecular weight excluding hydrogens is 354 g/mol. The van der Waals surface area contributed by atoms with Gasteiger partial charge in [-0.25, -0.2) is 17.2 Å². The van der Waals surface area contributed by atoms with Gasteiger partial charge in [0.05, 0.1) is 0 Å². The van der Waals surface area contributed by atoms with Crippen molar-refractivity contribution in [2.45, 2.75) is 18.7 Å². The Morgan fingerprint density at radius 3 is 2.36 bits per heavy atom. The molecule has 2 aromatic carbocycles. The fraction of sp³-hybridized carbons (Fsp3) is 0.188. The van der Waals surface area contributed by atoms with E-state index in [0.717, 1.165) is 23.3 Å². The van der Waals surface area contributed by atoms with Crippen LogP contribution in [0.1, 0.15) is 11.1 Å². The van der Waals surface area contributed by atoms with E-state index in [-0.39, 0.29) is 0 Å². The van der Waals surface area contributed by atoms with Gasteiger partial charge in [-0.2, -0.15) is 0 Å². The van der Waals surface area contributed by atoms with Crippen LogP contribution < -0.4 is 15.0 Å². The summed E-state index contributed by atoms with van der Waals surface area (Å²) in [6, 6.07) is 7.43. The van der Waals surface area contributed by atoms with Crippen LogP contribution in [0.2, 0.25) is 0 Å². The SMILES string of the molecule is Cc1cccc(C)c1OCC(=O)NNS(=O)(=O)c1ccc(F)cc1F. The first kappa shape index (κ1) is 18.8. The van der Waals surface area contributed by atoms with Gasteiger partial charge >= 0.3 is 0 Å². The molecule has 25 heavy (non-hydrogen) atoms. The van der Waals surface area contributed by atoms with E-state index in [2.05, 4.69) is 0 Å². The van der Waals surface area contributed by atoms with Crippen LogP contribution in [0.5, 0.6) is 5.75 Å². The smallest absolute Gasteiger partial charge is 0.272 e. The van der Waals surface area contributed by atoms with Gasteiger partial charge in [0.25, 0.3) is 15.9 Å². The van der Waals surface area contributed by atoms with Gasteiger partial charge in [-0.15, -0.1) is 4.83 Å². The van der Waals surface area contributed by atoms with E-state index in [1.54, 1.807) is 30.8 Å². The summed E-state index contributed by atoms with van der Waals surface area (Å²) >= 11 is 0. The Hall–Kier alpha value is -2.52. The molecule has 1 amide bonds.